The summed E-state index contributed by atoms with van der Waals surface area (Å²) < 4.78 is 5.28. The highest BCUT2D eigenvalue weighted by atomic mass is 16.5. The van der Waals surface area contributed by atoms with Crippen molar-refractivity contribution in [3.63, 3.8) is 0 Å². The van der Waals surface area contributed by atoms with Crippen molar-refractivity contribution < 1.29 is 9.63 Å². The van der Waals surface area contributed by atoms with Gasteiger partial charge in [0.05, 0.1) is 5.69 Å². The van der Waals surface area contributed by atoms with Crippen LogP contribution in [0.4, 0.5) is 5.82 Å². The molecule has 0 amide bonds. The van der Waals surface area contributed by atoms with E-state index in [9.17, 15) is 5.11 Å². The molecule has 1 N–H and O–H groups in total. The van der Waals surface area contributed by atoms with Gasteiger partial charge in [-0.05, 0) is 38.8 Å². The summed E-state index contributed by atoms with van der Waals surface area (Å²) >= 11 is 0. The number of aliphatic hydroxyl groups excluding tert-OH is 1. The van der Waals surface area contributed by atoms with Crippen molar-refractivity contribution in [3.8, 4) is 0 Å². The van der Waals surface area contributed by atoms with Gasteiger partial charge >= 0.3 is 0 Å². The van der Waals surface area contributed by atoms with E-state index in [2.05, 4.69) is 24.9 Å². The third kappa shape index (κ3) is 3.35. The molecular formula is C18H27N5O2. The fourth-order valence-corrected chi connectivity index (χ4v) is 4.32. The fourth-order valence-electron chi connectivity index (χ4n) is 4.32. The van der Waals surface area contributed by atoms with Gasteiger partial charge in [0.1, 0.15) is 17.5 Å². The minimum atomic E-state index is 0.228. The molecular weight excluding hydrogens is 318 g/mol. The molecule has 0 saturated carbocycles. The normalized spacial score (nSPS) is 25.6. The van der Waals surface area contributed by atoms with Crippen LogP contribution in [0.25, 0.3) is 11.1 Å². The van der Waals surface area contributed by atoms with Crippen molar-refractivity contribution in [1.29, 1.82) is 0 Å². The Hall–Kier alpha value is -1.73. The van der Waals surface area contributed by atoms with Crippen LogP contribution in [0.1, 0.15) is 31.4 Å². The van der Waals surface area contributed by atoms with E-state index in [0.717, 1.165) is 36.5 Å². The average molecular weight is 345 g/mol. The molecule has 4 heterocycles. The predicted octanol–water partition coefficient (Wildman–Crippen LogP) is 1.85. The summed E-state index contributed by atoms with van der Waals surface area (Å²) in [6.07, 6.45) is 6.84. The Morgan fingerprint density at radius 2 is 1.88 bits per heavy atom. The van der Waals surface area contributed by atoms with E-state index in [0.29, 0.717) is 11.6 Å². The first-order valence-corrected chi connectivity index (χ1v) is 9.41. The van der Waals surface area contributed by atoms with Crippen LogP contribution < -0.4 is 4.90 Å². The molecule has 0 unspecified atom stereocenters. The lowest BCUT2D eigenvalue weighted by atomic mass is 9.96. The van der Waals surface area contributed by atoms with Crippen molar-refractivity contribution in [2.45, 2.75) is 32.6 Å². The maximum atomic E-state index is 9.91. The standard InChI is InChI=1S/C18H27N5O2/c1-13-16-17(19-12-20-18(16)25-21-13)23-9-14(15(10-23)11-24)8-22-6-4-2-3-5-7-22/h12,14-15,24H,2-11H2,1H3/t14-,15-/m1/s1. The highest BCUT2D eigenvalue weighted by Crippen LogP contribution is 2.33. The number of rotatable bonds is 4. The Kier molecular flexibility index (Phi) is 4.85. The van der Waals surface area contributed by atoms with Gasteiger partial charge in [-0.1, -0.05) is 18.0 Å². The van der Waals surface area contributed by atoms with Crippen LogP contribution in [0.2, 0.25) is 0 Å². The summed E-state index contributed by atoms with van der Waals surface area (Å²) in [6, 6.07) is 0. The van der Waals surface area contributed by atoms with Gasteiger partial charge in [-0.25, -0.2) is 4.98 Å². The van der Waals surface area contributed by atoms with Gasteiger partial charge in [-0.3, -0.25) is 0 Å². The number of likely N-dealkylation sites (tertiary alicyclic amines) is 1. The van der Waals surface area contributed by atoms with Gasteiger partial charge in [0, 0.05) is 32.2 Å². The summed E-state index contributed by atoms with van der Waals surface area (Å²) in [5.74, 6) is 1.64. The quantitative estimate of drug-likeness (QED) is 0.906. The minimum absolute atomic E-state index is 0.228. The highest BCUT2D eigenvalue weighted by molar-refractivity contribution is 5.87. The molecule has 25 heavy (non-hydrogen) atoms. The van der Waals surface area contributed by atoms with E-state index in [1.54, 1.807) is 6.33 Å². The number of fused-ring (bicyclic) bond motifs is 1. The summed E-state index contributed by atoms with van der Waals surface area (Å²) in [5, 5.41) is 14.8. The molecule has 2 atom stereocenters. The molecule has 0 bridgehead atoms. The Morgan fingerprint density at radius 1 is 1.12 bits per heavy atom. The number of aryl methyl sites for hydroxylation is 1. The van der Waals surface area contributed by atoms with E-state index in [1.165, 1.54) is 38.8 Å². The summed E-state index contributed by atoms with van der Waals surface area (Å²) in [5.41, 5.74) is 1.36. The third-order valence-corrected chi connectivity index (χ3v) is 5.73. The second kappa shape index (κ2) is 7.25. The molecule has 2 aliphatic heterocycles. The molecule has 7 nitrogen and oxygen atoms in total. The van der Waals surface area contributed by atoms with Gasteiger partial charge in [0.2, 0.25) is 0 Å². The number of anilines is 1. The third-order valence-electron chi connectivity index (χ3n) is 5.73. The van der Waals surface area contributed by atoms with Crippen LogP contribution in [0.5, 0.6) is 0 Å². The topological polar surface area (TPSA) is 78.5 Å². The van der Waals surface area contributed by atoms with Crippen LogP contribution in [0.3, 0.4) is 0 Å². The minimum Gasteiger partial charge on any atom is -0.396 e. The molecule has 2 aliphatic rings. The van der Waals surface area contributed by atoms with E-state index in [1.807, 2.05) is 6.92 Å². The molecule has 136 valence electrons. The van der Waals surface area contributed by atoms with Crippen LogP contribution in [0, 0.1) is 18.8 Å². The zero-order valence-electron chi connectivity index (χ0n) is 14.9. The molecule has 2 saturated heterocycles. The van der Waals surface area contributed by atoms with E-state index < -0.39 is 0 Å². The van der Waals surface area contributed by atoms with Gasteiger partial charge < -0.3 is 19.4 Å². The molecule has 2 aromatic heterocycles. The van der Waals surface area contributed by atoms with Gasteiger partial charge in [0.15, 0.2) is 0 Å². The second-order valence-corrected chi connectivity index (χ2v) is 7.47. The lowest BCUT2D eigenvalue weighted by Gasteiger charge is -2.26. The summed E-state index contributed by atoms with van der Waals surface area (Å²) in [6.45, 7) is 7.34. The second-order valence-electron chi connectivity index (χ2n) is 7.47. The lowest BCUT2D eigenvalue weighted by Crippen LogP contribution is -2.34. The van der Waals surface area contributed by atoms with E-state index in [4.69, 9.17) is 4.52 Å². The molecule has 2 aromatic rings. The fraction of sp³-hybridized carbons (Fsp3) is 0.722. The zero-order chi connectivity index (χ0) is 17.2. The number of hydrogen-bond acceptors (Lipinski definition) is 7. The monoisotopic (exact) mass is 345 g/mol. The van der Waals surface area contributed by atoms with Crippen molar-refractivity contribution in [3.05, 3.63) is 12.0 Å². The Balaban J connectivity index is 1.53. The van der Waals surface area contributed by atoms with E-state index >= 15 is 0 Å². The first kappa shape index (κ1) is 16.7. The average Bonchev–Trinajstić information content (AvgIpc) is 3.10. The smallest absolute Gasteiger partial charge is 0.263 e. The maximum absolute atomic E-state index is 9.91. The SMILES string of the molecule is Cc1noc2ncnc(N3C[C@@H](CN4CCCCCC4)[C@@H](CO)C3)c12. The molecule has 0 spiro atoms. The van der Waals surface area contributed by atoms with Gasteiger partial charge in [0.25, 0.3) is 5.71 Å². The molecule has 2 fully saturated rings. The van der Waals surface area contributed by atoms with Crippen molar-refractivity contribution in [1.82, 2.24) is 20.0 Å². The molecule has 0 radical (unpaired) electrons. The van der Waals surface area contributed by atoms with Crippen LogP contribution in [-0.2, 0) is 0 Å². The Labute approximate surface area is 148 Å². The number of aromatic nitrogens is 3. The zero-order valence-corrected chi connectivity index (χ0v) is 14.9. The molecule has 4 rings (SSSR count). The Morgan fingerprint density at radius 3 is 2.64 bits per heavy atom. The summed E-state index contributed by atoms with van der Waals surface area (Å²) in [7, 11) is 0. The maximum Gasteiger partial charge on any atom is 0.263 e. The van der Waals surface area contributed by atoms with Crippen LogP contribution in [-0.4, -0.2) is 64.5 Å². The van der Waals surface area contributed by atoms with Crippen molar-refractivity contribution in [2.24, 2.45) is 11.8 Å². The molecule has 0 aliphatic carbocycles. The number of hydrogen-bond donors (Lipinski definition) is 1. The first-order chi connectivity index (χ1) is 12.3. The van der Waals surface area contributed by atoms with Crippen molar-refractivity contribution in [2.75, 3.05) is 44.2 Å². The predicted molar refractivity (Wildman–Crippen MR) is 95.5 cm³/mol. The van der Waals surface area contributed by atoms with Crippen LogP contribution in [0.15, 0.2) is 10.9 Å². The van der Waals surface area contributed by atoms with Crippen LogP contribution >= 0.6 is 0 Å². The number of nitrogens with zero attached hydrogens (tertiary/aromatic N) is 5. The number of aliphatic hydroxyl groups is 1. The molecule has 7 heteroatoms. The largest absolute Gasteiger partial charge is 0.396 e. The van der Waals surface area contributed by atoms with Gasteiger partial charge in [-0.2, -0.15) is 4.98 Å². The highest BCUT2D eigenvalue weighted by Gasteiger charge is 2.35. The lowest BCUT2D eigenvalue weighted by molar-refractivity contribution is 0.165. The summed E-state index contributed by atoms with van der Waals surface area (Å²) in [4.78, 5) is 13.5. The van der Waals surface area contributed by atoms with E-state index in [-0.39, 0.29) is 12.5 Å². The van der Waals surface area contributed by atoms with Crippen molar-refractivity contribution >= 4 is 16.9 Å². The van der Waals surface area contributed by atoms with Gasteiger partial charge in [-0.15, -0.1) is 0 Å². The first-order valence-electron chi connectivity index (χ1n) is 9.41. The Bertz CT molecular complexity index is 711. The molecule has 0 aromatic carbocycles.